The normalized spacial score (nSPS) is 22.4. The molecule has 1 saturated heterocycles. The Bertz CT molecular complexity index is 543. The van der Waals surface area contributed by atoms with Crippen LogP contribution in [0.5, 0.6) is 0 Å². The lowest BCUT2D eigenvalue weighted by Crippen LogP contribution is -2.56. The van der Waals surface area contributed by atoms with E-state index in [0.717, 1.165) is 37.9 Å². The highest BCUT2D eigenvalue weighted by molar-refractivity contribution is 5.76. The summed E-state index contributed by atoms with van der Waals surface area (Å²) in [5.41, 5.74) is 2.51. The Hall–Kier alpha value is -1.35. The summed E-state index contributed by atoms with van der Waals surface area (Å²) < 4.78 is 0. The van der Waals surface area contributed by atoms with E-state index in [2.05, 4.69) is 69.1 Å². The molecule has 1 heterocycles. The minimum atomic E-state index is 0.0158. The van der Waals surface area contributed by atoms with E-state index in [-0.39, 0.29) is 11.4 Å². The predicted molar refractivity (Wildman–Crippen MR) is 101 cm³/mol. The topological polar surface area (TPSA) is 32.3 Å². The fourth-order valence-electron chi connectivity index (χ4n) is 3.80. The number of amides is 1. The van der Waals surface area contributed by atoms with Crippen molar-refractivity contribution in [2.75, 3.05) is 19.6 Å². The molecule has 1 aromatic carbocycles. The summed E-state index contributed by atoms with van der Waals surface area (Å²) in [6.07, 6.45) is 2.69. The van der Waals surface area contributed by atoms with Gasteiger partial charge in [0.15, 0.2) is 0 Å². The first-order chi connectivity index (χ1) is 11.3. The van der Waals surface area contributed by atoms with Crippen molar-refractivity contribution in [3.8, 4) is 0 Å². The molecule has 0 radical (unpaired) electrons. The number of nitrogens with zero attached hydrogens (tertiary/aromatic N) is 1. The van der Waals surface area contributed by atoms with Crippen LogP contribution in [0, 0.1) is 18.8 Å². The van der Waals surface area contributed by atoms with Crippen LogP contribution in [-0.4, -0.2) is 36.0 Å². The lowest BCUT2D eigenvalue weighted by molar-refractivity contribution is -0.121. The second-order valence-corrected chi connectivity index (χ2v) is 8.43. The predicted octanol–water partition coefficient (Wildman–Crippen LogP) is 3.80. The Labute approximate surface area is 147 Å². The van der Waals surface area contributed by atoms with Crippen LogP contribution in [0.2, 0.25) is 0 Å². The third kappa shape index (κ3) is 5.62. The van der Waals surface area contributed by atoms with Gasteiger partial charge in [-0.25, -0.2) is 0 Å². The molecule has 1 N–H and O–H groups in total. The molecular weight excluding hydrogens is 296 g/mol. The molecule has 3 heteroatoms. The fourth-order valence-corrected chi connectivity index (χ4v) is 3.80. The van der Waals surface area contributed by atoms with Gasteiger partial charge in [0.1, 0.15) is 0 Å². The number of hydrogen-bond acceptors (Lipinski definition) is 2. The Morgan fingerprint density at radius 2 is 1.92 bits per heavy atom. The smallest absolute Gasteiger partial charge is 0.220 e. The van der Waals surface area contributed by atoms with Gasteiger partial charge in [-0.3, -0.25) is 9.69 Å². The van der Waals surface area contributed by atoms with Gasteiger partial charge in [0.2, 0.25) is 5.91 Å². The van der Waals surface area contributed by atoms with Crippen LogP contribution in [0.4, 0.5) is 0 Å². The van der Waals surface area contributed by atoms with Crippen LogP contribution in [0.15, 0.2) is 24.3 Å². The highest BCUT2D eigenvalue weighted by atomic mass is 16.1. The zero-order chi connectivity index (χ0) is 17.7. The summed E-state index contributed by atoms with van der Waals surface area (Å²) in [6, 6.07) is 8.41. The molecule has 1 amide bonds. The van der Waals surface area contributed by atoms with E-state index in [0.29, 0.717) is 6.42 Å². The van der Waals surface area contributed by atoms with Gasteiger partial charge in [-0.05, 0) is 51.0 Å². The minimum absolute atomic E-state index is 0.0158. The molecule has 2 rings (SSSR count). The minimum Gasteiger partial charge on any atom is -0.354 e. The summed E-state index contributed by atoms with van der Waals surface area (Å²) >= 11 is 0. The summed E-state index contributed by atoms with van der Waals surface area (Å²) in [4.78, 5) is 14.8. The highest BCUT2D eigenvalue weighted by Crippen LogP contribution is 2.26. The molecule has 1 fully saturated rings. The summed E-state index contributed by atoms with van der Waals surface area (Å²) in [5, 5.41) is 3.15. The molecule has 2 unspecified atom stereocenters. The number of piperidine rings is 1. The number of rotatable bonds is 6. The first-order valence-corrected chi connectivity index (χ1v) is 9.33. The molecule has 0 saturated carbocycles. The van der Waals surface area contributed by atoms with E-state index in [1.54, 1.807) is 0 Å². The van der Waals surface area contributed by atoms with Crippen LogP contribution < -0.4 is 5.32 Å². The van der Waals surface area contributed by atoms with E-state index >= 15 is 0 Å². The highest BCUT2D eigenvalue weighted by Gasteiger charge is 2.32. The number of carbonyl (C=O) groups excluding carboxylic acids is 1. The molecule has 0 aliphatic carbocycles. The van der Waals surface area contributed by atoms with Gasteiger partial charge >= 0.3 is 0 Å². The van der Waals surface area contributed by atoms with Crippen molar-refractivity contribution in [1.82, 2.24) is 10.2 Å². The van der Waals surface area contributed by atoms with Gasteiger partial charge in [0.05, 0.1) is 0 Å². The lowest BCUT2D eigenvalue weighted by Gasteiger charge is -2.45. The third-order valence-corrected chi connectivity index (χ3v) is 5.17. The van der Waals surface area contributed by atoms with Crippen molar-refractivity contribution in [3.63, 3.8) is 0 Å². The Balaban J connectivity index is 1.79. The fraction of sp³-hybridized carbons (Fsp3) is 0.667. The standard InChI is InChI=1S/C21H34N2O/c1-16-7-6-8-19(12-16)9-10-20(24)22-15-21(4,5)23-13-17(2)11-18(3)14-23/h6-8,12,17-18H,9-11,13-15H2,1-5H3,(H,22,24). The van der Waals surface area contributed by atoms with Gasteiger partial charge in [0.25, 0.3) is 0 Å². The van der Waals surface area contributed by atoms with E-state index in [4.69, 9.17) is 0 Å². The molecule has 0 bridgehead atoms. The number of likely N-dealkylation sites (tertiary alicyclic amines) is 1. The molecular formula is C21H34N2O. The average molecular weight is 331 g/mol. The lowest BCUT2D eigenvalue weighted by atomic mass is 9.88. The Morgan fingerprint density at radius 3 is 2.54 bits per heavy atom. The number of aryl methyl sites for hydroxylation is 2. The maximum absolute atomic E-state index is 12.2. The SMILES string of the molecule is Cc1cccc(CCC(=O)NCC(C)(C)N2CC(C)CC(C)C2)c1. The number of benzene rings is 1. The summed E-state index contributed by atoms with van der Waals surface area (Å²) in [6.45, 7) is 14.2. The number of carbonyl (C=O) groups is 1. The molecule has 1 aliphatic rings. The van der Waals surface area contributed by atoms with Crippen molar-refractivity contribution < 1.29 is 4.79 Å². The van der Waals surface area contributed by atoms with Crippen molar-refractivity contribution >= 4 is 5.91 Å². The molecule has 134 valence electrons. The number of nitrogens with one attached hydrogen (secondary N) is 1. The van der Waals surface area contributed by atoms with Crippen molar-refractivity contribution in [2.45, 2.75) is 59.4 Å². The Kier molecular flexibility index (Phi) is 6.45. The summed E-state index contributed by atoms with van der Waals surface area (Å²) in [5.74, 6) is 1.64. The van der Waals surface area contributed by atoms with Crippen LogP contribution in [0.1, 0.15) is 51.7 Å². The summed E-state index contributed by atoms with van der Waals surface area (Å²) in [7, 11) is 0. The maximum atomic E-state index is 12.2. The van der Waals surface area contributed by atoms with Gasteiger partial charge < -0.3 is 5.32 Å². The molecule has 2 atom stereocenters. The van der Waals surface area contributed by atoms with Crippen LogP contribution in [0.25, 0.3) is 0 Å². The molecule has 1 aliphatic heterocycles. The second-order valence-electron chi connectivity index (χ2n) is 8.43. The van der Waals surface area contributed by atoms with Crippen LogP contribution >= 0.6 is 0 Å². The van der Waals surface area contributed by atoms with Gasteiger partial charge in [0, 0.05) is 31.6 Å². The third-order valence-electron chi connectivity index (χ3n) is 5.17. The van der Waals surface area contributed by atoms with Gasteiger partial charge in [-0.15, -0.1) is 0 Å². The molecule has 24 heavy (non-hydrogen) atoms. The largest absolute Gasteiger partial charge is 0.354 e. The van der Waals surface area contributed by atoms with Crippen molar-refractivity contribution in [3.05, 3.63) is 35.4 Å². The monoisotopic (exact) mass is 330 g/mol. The first-order valence-electron chi connectivity index (χ1n) is 9.33. The van der Waals surface area contributed by atoms with Crippen LogP contribution in [-0.2, 0) is 11.2 Å². The number of hydrogen-bond donors (Lipinski definition) is 1. The quantitative estimate of drug-likeness (QED) is 0.860. The van der Waals surface area contributed by atoms with Crippen molar-refractivity contribution in [2.24, 2.45) is 11.8 Å². The van der Waals surface area contributed by atoms with Gasteiger partial charge in [-0.1, -0.05) is 43.7 Å². The second kappa shape index (κ2) is 8.15. The van der Waals surface area contributed by atoms with E-state index in [1.165, 1.54) is 17.5 Å². The van der Waals surface area contributed by atoms with Gasteiger partial charge in [-0.2, -0.15) is 0 Å². The first kappa shape index (κ1) is 19.0. The van der Waals surface area contributed by atoms with E-state index in [1.807, 2.05) is 0 Å². The molecule has 0 aromatic heterocycles. The average Bonchev–Trinajstić information content (AvgIpc) is 2.50. The molecule has 1 aromatic rings. The molecule has 0 spiro atoms. The van der Waals surface area contributed by atoms with Crippen molar-refractivity contribution in [1.29, 1.82) is 0 Å². The molecule has 3 nitrogen and oxygen atoms in total. The van der Waals surface area contributed by atoms with E-state index < -0.39 is 0 Å². The maximum Gasteiger partial charge on any atom is 0.220 e. The van der Waals surface area contributed by atoms with Crippen LogP contribution in [0.3, 0.4) is 0 Å². The zero-order valence-electron chi connectivity index (χ0n) is 16.1. The Morgan fingerprint density at radius 1 is 1.25 bits per heavy atom. The zero-order valence-corrected chi connectivity index (χ0v) is 16.1. The van der Waals surface area contributed by atoms with E-state index in [9.17, 15) is 4.79 Å².